The summed E-state index contributed by atoms with van der Waals surface area (Å²) >= 11 is 12.3. The number of hydrogen-bond acceptors (Lipinski definition) is 5. The molecule has 23 heavy (non-hydrogen) atoms. The van der Waals surface area contributed by atoms with Crippen LogP contribution in [0, 0.1) is 6.92 Å². The summed E-state index contributed by atoms with van der Waals surface area (Å²) in [6, 6.07) is 3.37. The number of nitrogens with zero attached hydrogens (tertiary/aromatic N) is 2. The third kappa shape index (κ3) is 4.62. The van der Waals surface area contributed by atoms with Crippen LogP contribution in [0.4, 0.5) is 17.5 Å². The molecule has 2 N–H and O–H groups in total. The van der Waals surface area contributed by atoms with E-state index in [1.165, 1.54) is 0 Å². The highest BCUT2D eigenvalue weighted by molar-refractivity contribution is 6.37. The van der Waals surface area contributed by atoms with Crippen LogP contribution in [0.3, 0.4) is 0 Å². The number of aromatic nitrogens is 2. The van der Waals surface area contributed by atoms with Crippen LogP contribution in [0.25, 0.3) is 0 Å². The summed E-state index contributed by atoms with van der Waals surface area (Å²) in [6.45, 7) is 8.06. The molecule has 0 unspecified atom stereocenters. The van der Waals surface area contributed by atoms with Crippen molar-refractivity contribution in [3.8, 4) is 5.75 Å². The SMILES string of the molecule is COc1cc(Nc2nc(NC(C)(C)C)ncc2C)c(Cl)cc1Cl. The van der Waals surface area contributed by atoms with Crippen LogP contribution < -0.4 is 15.4 Å². The van der Waals surface area contributed by atoms with Gasteiger partial charge in [0.15, 0.2) is 0 Å². The lowest BCUT2D eigenvalue weighted by molar-refractivity contribution is 0.415. The lowest BCUT2D eigenvalue weighted by Crippen LogP contribution is -2.27. The Bertz CT molecular complexity index is 714. The van der Waals surface area contributed by atoms with Gasteiger partial charge < -0.3 is 15.4 Å². The molecule has 2 rings (SSSR count). The van der Waals surface area contributed by atoms with E-state index < -0.39 is 0 Å². The maximum absolute atomic E-state index is 6.25. The Morgan fingerprint density at radius 3 is 2.43 bits per heavy atom. The predicted molar refractivity (Wildman–Crippen MR) is 96.4 cm³/mol. The van der Waals surface area contributed by atoms with Gasteiger partial charge in [-0.2, -0.15) is 4.98 Å². The highest BCUT2D eigenvalue weighted by atomic mass is 35.5. The number of ether oxygens (including phenoxy) is 1. The minimum absolute atomic E-state index is 0.131. The molecule has 0 saturated heterocycles. The van der Waals surface area contributed by atoms with Crippen LogP contribution in [0.2, 0.25) is 10.0 Å². The summed E-state index contributed by atoms with van der Waals surface area (Å²) in [5, 5.41) is 7.39. The number of benzene rings is 1. The molecule has 0 spiro atoms. The molecule has 1 aromatic carbocycles. The van der Waals surface area contributed by atoms with E-state index >= 15 is 0 Å². The molecular formula is C16H20Cl2N4O. The number of aryl methyl sites for hydroxylation is 1. The van der Waals surface area contributed by atoms with Crippen molar-refractivity contribution in [2.75, 3.05) is 17.7 Å². The Morgan fingerprint density at radius 2 is 1.83 bits per heavy atom. The van der Waals surface area contributed by atoms with E-state index in [-0.39, 0.29) is 5.54 Å². The van der Waals surface area contributed by atoms with Crippen LogP contribution >= 0.6 is 23.2 Å². The molecule has 0 atom stereocenters. The molecule has 0 aliphatic heterocycles. The number of hydrogen-bond donors (Lipinski definition) is 2. The first-order chi connectivity index (χ1) is 10.7. The molecule has 0 saturated carbocycles. The maximum Gasteiger partial charge on any atom is 0.225 e. The van der Waals surface area contributed by atoms with Crippen molar-refractivity contribution in [3.63, 3.8) is 0 Å². The average Bonchev–Trinajstić information content (AvgIpc) is 2.43. The van der Waals surface area contributed by atoms with E-state index in [4.69, 9.17) is 27.9 Å². The second-order valence-corrected chi connectivity index (χ2v) is 7.01. The number of rotatable bonds is 4. The zero-order valence-corrected chi connectivity index (χ0v) is 15.3. The van der Waals surface area contributed by atoms with Crippen molar-refractivity contribution < 1.29 is 4.74 Å². The molecule has 2 aromatic rings. The van der Waals surface area contributed by atoms with Crippen molar-refractivity contribution >= 4 is 40.7 Å². The summed E-state index contributed by atoms with van der Waals surface area (Å²) in [5.74, 6) is 1.75. The van der Waals surface area contributed by atoms with Gasteiger partial charge in [0.25, 0.3) is 0 Å². The van der Waals surface area contributed by atoms with Gasteiger partial charge in [-0.1, -0.05) is 23.2 Å². The monoisotopic (exact) mass is 354 g/mol. The molecule has 0 fully saturated rings. The van der Waals surface area contributed by atoms with Gasteiger partial charge >= 0.3 is 0 Å². The van der Waals surface area contributed by atoms with Gasteiger partial charge in [-0.25, -0.2) is 4.98 Å². The molecule has 124 valence electrons. The third-order valence-electron chi connectivity index (χ3n) is 2.95. The summed E-state index contributed by atoms with van der Waals surface area (Å²) in [4.78, 5) is 8.80. The molecular weight excluding hydrogens is 335 g/mol. The van der Waals surface area contributed by atoms with Crippen LogP contribution in [-0.2, 0) is 0 Å². The molecule has 5 nitrogen and oxygen atoms in total. The van der Waals surface area contributed by atoms with Gasteiger partial charge in [0.1, 0.15) is 11.6 Å². The summed E-state index contributed by atoms with van der Waals surface area (Å²) in [6.07, 6.45) is 1.75. The third-order valence-corrected chi connectivity index (χ3v) is 3.56. The Morgan fingerprint density at radius 1 is 1.13 bits per heavy atom. The minimum Gasteiger partial charge on any atom is -0.495 e. The van der Waals surface area contributed by atoms with E-state index in [0.717, 1.165) is 5.56 Å². The fourth-order valence-electron chi connectivity index (χ4n) is 1.87. The predicted octanol–water partition coefficient (Wildman–Crippen LogP) is 5.05. The van der Waals surface area contributed by atoms with E-state index in [1.807, 2.05) is 27.7 Å². The van der Waals surface area contributed by atoms with E-state index in [1.54, 1.807) is 25.4 Å². The van der Waals surface area contributed by atoms with Gasteiger partial charge in [-0.15, -0.1) is 0 Å². The van der Waals surface area contributed by atoms with Crippen LogP contribution in [0.15, 0.2) is 18.3 Å². The van der Waals surface area contributed by atoms with Gasteiger partial charge in [-0.3, -0.25) is 0 Å². The number of anilines is 3. The van der Waals surface area contributed by atoms with Crippen LogP contribution in [0.5, 0.6) is 5.75 Å². The standard InChI is InChI=1S/C16H20Cl2N4O/c1-9-8-19-15(22-16(2,3)4)21-14(9)20-12-7-13(23-5)11(18)6-10(12)17/h6-8H,1-5H3,(H2,19,20,21,22). The summed E-state index contributed by atoms with van der Waals surface area (Å²) in [5.41, 5.74) is 1.43. The normalized spacial score (nSPS) is 11.3. The van der Waals surface area contributed by atoms with Gasteiger partial charge in [-0.05, 0) is 33.8 Å². The van der Waals surface area contributed by atoms with Crippen molar-refractivity contribution in [2.24, 2.45) is 0 Å². The van der Waals surface area contributed by atoms with Crippen LogP contribution in [-0.4, -0.2) is 22.6 Å². The van der Waals surface area contributed by atoms with Gasteiger partial charge in [0, 0.05) is 23.4 Å². The number of methoxy groups -OCH3 is 1. The average molecular weight is 355 g/mol. The van der Waals surface area contributed by atoms with Crippen molar-refractivity contribution in [2.45, 2.75) is 33.2 Å². The van der Waals surface area contributed by atoms with Crippen molar-refractivity contribution in [1.82, 2.24) is 9.97 Å². The fourth-order valence-corrected chi connectivity index (χ4v) is 2.38. The zero-order chi connectivity index (χ0) is 17.2. The quantitative estimate of drug-likeness (QED) is 0.803. The van der Waals surface area contributed by atoms with Gasteiger partial charge in [0.2, 0.25) is 5.95 Å². The first-order valence-electron chi connectivity index (χ1n) is 7.11. The molecule has 0 radical (unpaired) electrons. The Hall–Kier alpha value is -1.72. The maximum atomic E-state index is 6.25. The van der Waals surface area contributed by atoms with Gasteiger partial charge in [0.05, 0.1) is 22.8 Å². The molecule has 7 heteroatoms. The minimum atomic E-state index is -0.131. The number of halogens is 2. The molecule has 0 bridgehead atoms. The highest BCUT2D eigenvalue weighted by Gasteiger charge is 2.14. The summed E-state index contributed by atoms with van der Waals surface area (Å²) < 4.78 is 5.22. The number of nitrogens with one attached hydrogen (secondary N) is 2. The summed E-state index contributed by atoms with van der Waals surface area (Å²) in [7, 11) is 1.56. The molecule has 0 aliphatic rings. The first-order valence-corrected chi connectivity index (χ1v) is 7.87. The van der Waals surface area contributed by atoms with Crippen molar-refractivity contribution in [1.29, 1.82) is 0 Å². The van der Waals surface area contributed by atoms with E-state index in [2.05, 4.69) is 20.6 Å². The Kier molecular flexibility index (Phi) is 5.22. The lowest BCUT2D eigenvalue weighted by Gasteiger charge is -2.21. The topological polar surface area (TPSA) is 59.1 Å². The Labute approximate surface area is 146 Å². The fraction of sp³-hybridized carbons (Fsp3) is 0.375. The Balaban J connectivity index is 2.34. The smallest absolute Gasteiger partial charge is 0.225 e. The largest absolute Gasteiger partial charge is 0.495 e. The van der Waals surface area contributed by atoms with Crippen molar-refractivity contribution in [3.05, 3.63) is 33.9 Å². The lowest BCUT2D eigenvalue weighted by atomic mass is 10.1. The first kappa shape index (κ1) is 17.6. The molecule has 1 aromatic heterocycles. The van der Waals surface area contributed by atoms with Crippen LogP contribution in [0.1, 0.15) is 26.3 Å². The highest BCUT2D eigenvalue weighted by Crippen LogP contribution is 2.35. The molecule has 0 aliphatic carbocycles. The second kappa shape index (κ2) is 6.81. The van der Waals surface area contributed by atoms with E-state index in [9.17, 15) is 0 Å². The second-order valence-electron chi connectivity index (χ2n) is 6.19. The zero-order valence-electron chi connectivity index (χ0n) is 13.8. The molecule has 0 amide bonds. The van der Waals surface area contributed by atoms with E-state index in [0.29, 0.717) is 33.2 Å². The molecule has 1 heterocycles.